The van der Waals surface area contributed by atoms with Crippen molar-refractivity contribution < 1.29 is 23.8 Å². The molecule has 2 heterocycles. The summed E-state index contributed by atoms with van der Waals surface area (Å²) in [4.78, 5) is 31.6. The summed E-state index contributed by atoms with van der Waals surface area (Å²) in [6.07, 6.45) is 0. The third kappa shape index (κ3) is 4.92. The minimum absolute atomic E-state index is 0.160. The molecule has 3 aromatic rings. The summed E-state index contributed by atoms with van der Waals surface area (Å²) >= 11 is 1.58. The van der Waals surface area contributed by atoms with Crippen LogP contribution >= 0.6 is 11.3 Å². The second-order valence-corrected chi connectivity index (χ2v) is 8.09. The molecule has 0 aliphatic carbocycles. The molecule has 1 aliphatic heterocycles. The number of carbonyl (C=O) groups is 2. The van der Waals surface area contributed by atoms with Gasteiger partial charge in [-0.15, -0.1) is 0 Å². The number of amides is 2. The van der Waals surface area contributed by atoms with Gasteiger partial charge in [-0.2, -0.15) is 0 Å². The van der Waals surface area contributed by atoms with Crippen LogP contribution in [-0.2, 0) is 9.53 Å². The summed E-state index contributed by atoms with van der Waals surface area (Å²) in [5.41, 5.74) is 1.91. The van der Waals surface area contributed by atoms with E-state index in [9.17, 15) is 9.59 Å². The molecular formula is C22H24N4O5S. The zero-order chi connectivity index (χ0) is 22.5. The van der Waals surface area contributed by atoms with Crippen molar-refractivity contribution in [1.82, 2.24) is 10.3 Å². The van der Waals surface area contributed by atoms with E-state index in [1.54, 1.807) is 35.6 Å². The monoisotopic (exact) mass is 456 g/mol. The van der Waals surface area contributed by atoms with Crippen LogP contribution in [-0.4, -0.2) is 63.9 Å². The van der Waals surface area contributed by atoms with E-state index in [0.29, 0.717) is 36.0 Å². The molecule has 32 heavy (non-hydrogen) atoms. The van der Waals surface area contributed by atoms with Gasteiger partial charge in [-0.05, 0) is 36.4 Å². The van der Waals surface area contributed by atoms with Gasteiger partial charge in [0.2, 0.25) is 5.91 Å². The minimum atomic E-state index is -0.380. The number of hydrogen-bond donors (Lipinski definition) is 2. The number of rotatable bonds is 7. The zero-order valence-corrected chi connectivity index (χ0v) is 18.7. The molecular weight excluding hydrogens is 432 g/mol. The van der Waals surface area contributed by atoms with E-state index in [4.69, 9.17) is 14.2 Å². The van der Waals surface area contributed by atoms with Crippen LogP contribution in [0.2, 0.25) is 0 Å². The number of hydrogen-bond acceptors (Lipinski definition) is 8. The molecule has 4 rings (SSSR count). The maximum atomic E-state index is 12.4. The Bertz CT molecular complexity index is 1130. The number of nitrogens with one attached hydrogen (secondary N) is 2. The molecule has 168 valence electrons. The van der Waals surface area contributed by atoms with E-state index >= 15 is 0 Å². The SMILES string of the molecule is COc1ccc(C(=O)NCC(=O)Nc2ccc3nc(N4CCOCC4)sc3c2)cc1OC. The molecule has 0 atom stereocenters. The van der Waals surface area contributed by atoms with Crippen molar-refractivity contribution in [2.45, 2.75) is 0 Å². The molecule has 1 fully saturated rings. The van der Waals surface area contributed by atoms with Gasteiger partial charge in [0.1, 0.15) is 0 Å². The molecule has 2 N–H and O–H groups in total. The number of thiazole rings is 1. The summed E-state index contributed by atoms with van der Waals surface area (Å²) in [6, 6.07) is 10.4. The highest BCUT2D eigenvalue weighted by molar-refractivity contribution is 7.22. The molecule has 2 aromatic carbocycles. The molecule has 0 spiro atoms. The van der Waals surface area contributed by atoms with E-state index < -0.39 is 0 Å². The number of anilines is 2. The van der Waals surface area contributed by atoms with E-state index in [1.807, 2.05) is 12.1 Å². The molecule has 1 saturated heterocycles. The number of nitrogens with zero attached hydrogens (tertiary/aromatic N) is 2. The van der Waals surface area contributed by atoms with E-state index in [0.717, 1.165) is 28.4 Å². The maximum Gasteiger partial charge on any atom is 0.251 e. The quantitative estimate of drug-likeness (QED) is 0.563. The van der Waals surface area contributed by atoms with Crippen molar-refractivity contribution in [2.24, 2.45) is 0 Å². The second kappa shape index (κ2) is 9.84. The van der Waals surface area contributed by atoms with Crippen LogP contribution in [0.25, 0.3) is 10.2 Å². The third-order valence-electron chi connectivity index (χ3n) is 5.00. The molecule has 0 unspecified atom stereocenters. The lowest BCUT2D eigenvalue weighted by Crippen LogP contribution is -2.36. The summed E-state index contributed by atoms with van der Waals surface area (Å²) in [5, 5.41) is 6.39. The van der Waals surface area contributed by atoms with E-state index in [1.165, 1.54) is 14.2 Å². The fourth-order valence-electron chi connectivity index (χ4n) is 3.33. The summed E-state index contributed by atoms with van der Waals surface area (Å²) < 4.78 is 16.8. The average Bonchev–Trinajstić information content (AvgIpc) is 3.26. The van der Waals surface area contributed by atoms with Crippen LogP contribution in [0.1, 0.15) is 10.4 Å². The van der Waals surface area contributed by atoms with Crippen molar-refractivity contribution in [3.8, 4) is 11.5 Å². The second-order valence-electron chi connectivity index (χ2n) is 7.08. The molecule has 0 bridgehead atoms. The molecule has 1 aromatic heterocycles. The van der Waals surface area contributed by atoms with Crippen LogP contribution in [0.5, 0.6) is 11.5 Å². The van der Waals surface area contributed by atoms with Crippen LogP contribution < -0.4 is 25.0 Å². The largest absolute Gasteiger partial charge is 0.493 e. The Labute approximate surface area is 189 Å². The van der Waals surface area contributed by atoms with Gasteiger partial charge in [-0.3, -0.25) is 9.59 Å². The predicted molar refractivity (Wildman–Crippen MR) is 123 cm³/mol. The topological polar surface area (TPSA) is 102 Å². The van der Waals surface area contributed by atoms with Crippen molar-refractivity contribution in [3.63, 3.8) is 0 Å². The molecule has 9 nitrogen and oxygen atoms in total. The number of fused-ring (bicyclic) bond motifs is 1. The first-order valence-corrected chi connectivity index (χ1v) is 10.9. The Hall–Kier alpha value is -3.37. The van der Waals surface area contributed by atoms with Gasteiger partial charge in [-0.1, -0.05) is 11.3 Å². The lowest BCUT2D eigenvalue weighted by Gasteiger charge is -2.25. The summed E-state index contributed by atoms with van der Waals surface area (Å²) in [5.74, 6) is 0.265. The van der Waals surface area contributed by atoms with E-state index in [-0.39, 0.29) is 18.4 Å². The molecule has 0 radical (unpaired) electrons. The van der Waals surface area contributed by atoms with Gasteiger partial charge in [0.05, 0.1) is 44.2 Å². The van der Waals surface area contributed by atoms with Crippen LogP contribution in [0.3, 0.4) is 0 Å². The zero-order valence-electron chi connectivity index (χ0n) is 17.8. The summed E-state index contributed by atoms with van der Waals surface area (Å²) in [7, 11) is 3.02. The third-order valence-corrected chi connectivity index (χ3v) is 6.08. The highest BCUT2D eigenvalue weighted by Crippen LogP contribution is 2.31. The Morgan fingerprint density at radius 1 is 1.09 bits per heavy atom. The van der Waals surface area contributed by atoms with Gasteiger partial charge >= 0.3 is 0 Å². The van der Waals surface area contributed by atoms with Gasteiger partial charge in [0.15, 0.2) is 16.6 Å². The fourth-order valence-corrected chi connectivity index (χ4v) is 4.38. The number of morpholine rings is 1. The molecule has 10 heteroatoms. The first-order valence-electron chi connectivity index (χ1n) is 10.1. The fraction of sp³-hybridized carbons (Fsp3) is 0.318. The summed E-state index contributed by atoms with van der Waals surface area (Å²) in [6.45, 7) is 2.89. The van der Waals surface area contributed by atoms with Crippen LogP contribution in [0, 0.1) is 0 Å². The van der Waals surface area contributed by atoms with Gasteiger partial charge in [0, 0.05) is 24.3 Å². The molecule has 2 amide bonds. The van der Waals surface area contributed by atoms with E-state index in [2.05, 4.69) is 20.5 Å². The van der Waals surface area contributed by atoms with Gasteiger partial charge < -0.3 is 29.7 Å². The van der Waals surface area contributed by atoms with Crippen molar-refractivity contribution >= 4 is 44.2 Å². The lowest BCUT2D eigenvalue weighted by atomic mass is 10.2. The standard InChI is InChI=1S/C22H24N4O5S/c1-29-17-6-3-14(11-18(17)30-2)21(28)23-13-20(27)24-15-4-5-16-19(12-15)32-22(25-16)26-7-9-31-10-8-26/h3-6,11-12H,7-10,13H2,1-2H3,(H,23,28)(H,24,27). The highest BCUT2D eigenvalue weighted by Gasteiger charge is 2.16. The molecule has 0 saturated carbocycles. The number of ether oxygens (including phenoxy) is 3. The Balaban J connectivity index is 1.35. The van der Waals surface area contributed by atoms with Crippen LogP contribution in [0.15, 0.2) is 36.4 Å². The maximum absolute atomic E-state index is 12.4. The number of benzene rings is 2. The lowest BCUT2D eigenvalue weighted by molar-refractivity contribution is -0.115. The first kappa shape index (κ1) is 21.8. The Morgan fingerprint density at radius 3 is 2.62 bits per heavy atom. The molecule has 1 aliphatic rings. The Morgan fingerprint density at radius 2 is 1.88 bits per heavy atom. The average molecular weight is 457 g/mol. The van der Waals surface area contributed by atoms with Crippen LogP contribution in [0.4, 0.5) is 10.8 Å². The smallest absolute Gasteiger partial charge is 0.251 e. The predicted octanol–water partition coefficient (Wildman–Crippen LogP) is 2.52. The van der Waals surface area contributed by atoms with Gasteiger partial charge in [0.25, 0.3) is 5.91 Å². The number of carbonyl (C=O) groups excluding carboxylic acids is 2. The minimum Gasteiger partial charge on any atom is -0.493 e. The normalized spacial score (nSPS) is 13.6. The number of aromatic nitrogens is 1. The highest BCUT2D eigenvalue weighted by atomic mass is 32.1. The number of methoxy groups -OCH3 is 2. The van der Waals surface area contributed by atoms with Crippen molar-refractivity contribution in [2.75, 3.05) is 57.3 Å². The van der Waals surface area contributed by atoms with Crippen molar-refractivity contribution in [1.29, 1.82) is 0 Å². The Kier molecular flexibility index (Phi) is 6.72. The van der Waals surface area contributed by atoms with Crippen molar-refractivity contribution in [3.05, 3.63) is 42.0 Å². The first-order chi connectivity index (χ1) is 15.6. The van der Waals surface area contributed by atoms with Gasteiger partial charge in [-0.25, -0.2) is 4.98 Å².